The van der Waals surface area contributed by atoms with Crippen LogP contribution >= 0.6 is 0 Å². The van der Waals surface area contributed by atoms with Crippen LogP contribution in [0.2, 0.25) is 18.1 Å². The maximum atomic E-state index is 15.8. The lowest BCUT2D eigenvalue weighted by molar-refractivity contribution is -0.0196. The Balaban J connectivity index is 1.62. The summed E-state index contributed by atoms with van der Waals surface area (Å²) >= 11 is 0. The van der Waals surface area contributed by atoms with Gasteiger partial charge in [-0.2, -0.15) is 0 Å². The normalized spacial score (nSPS) is 19.4. The molecule has 4 rings (SSSR count). The van der Waals surface area contributed by atoms with Gasteiger partial charge in [-0.25, -0.2) is 14.4 Å². The zero-order chi connectivity index (χ0) is 26.8. The minimum absolute atomic E-state index is 0.0280. The van der Waals surface area contributed by atoms with Crippen LogP contribution in [0.4, 0.5) is 4.39 Å². The molecule has 2 aromatic heterocycles. The number of rotatable bonds is 7. The second kappa shape index (κ2) is 10.8. The first-order valence-electron chi connectivity index (χ1n) is 12.6. The second-order valence-corrected chi connectivity index (χ2v) is 15.7. The quantitative estimate of drug-likeness (QED) is 0.404. The molecule has 1 fully saturated rings. The predicted octanol–water partition coefficient (Wildman–Crippen LogP) is 5.61. The molecule has 3 unspecified atom stereocenters. The third kappa shape index (κ3) is 6.00. The second-order valence-electron chi connectivity index (χ2n) is 11.0. The topological polar surface area (TPSA) is 82.6 Å². The van der Waals surface area contributed by atoms with E-state index >= 15 is 4.39 Å². The fourth-order valence-corrected chi connectivity index (χ4v) is 5.50. The molecule has 198 valence electrons. The Bertz CT molecular complexity index is 1250. The van der Waals surface area contributed by atoms with Crippen molar-refractivity contribution in [1.29, 1.82) is 0 Å². The van der Waals surface area contributed by atoms with Crippen molar-refractivity contribution >= 4 is 25.1 Å². The Hall–Kier alpha value is -2.88. The van der Waals surface area contributed by atoms with Crippen molar-refractivity contribution in [3.05, 3.63) is 65.5 Å². The maximum absolute atomic E-state index is 15.8. The highest BCUT2D eigenvalue weighted by molar-refractivity contribution is 6.74. The van der Waals surface area contributed by atoms with Crippen molar-refractivity contribution in [2.24, 2.45) is 0 Å². The molecule has 0 bridgehead atoms. The van der Waals surface area contributed by atoms with Crippen LogP contribution in [-0.4, -0.2) is 56.7 Å². The van der Waals surface area contributed by atoms with Gasteiger partial charge in [-0.15, -0.1) is 0 Å². The van der Waals surface area contributed by atoms with Gasteiger partial charge in [0.2, 0.25) is 5.88 Å². The van der Waals surface area contributed by atoms with Crippen LogP contribution in [0.25, 0.3) is 10.9 Å². The molecule has 1 aliphatic heterocycles. The number of nitrogens with zero attached hydrogens (tertiary/aromatic N) is 2. The van der Waals surface area contributed by atoms with Crippen molar-refractivity contribution in [3.8, 4) is 5.88 Å². The summed E-state index contributed by atoms with van der Waals surface area (Å²) in [5, 5.41) is 3.78. The predicted molar refractivity (Wildman–Crippen MR) is 144 cm³/mol. The van der Waals surface area contributed by atoms with E-state index in [4.69, 9.17) is 13.9 Å². The molecule has 1 aliphatic rings. The number of hydrogen-bond acceptors (Lipinski definition) is 6. The van der Waals surface area contributed by atoms with Crippen LogP contribution in [0.15, 0.2) is 48.7 Å². The number of methoxy groups -OCH3 is 1. The number of ether oxygens (including phenoxy) is 2. The lowest BCUT2D eigenvalue weighted by Gasteiger charge is -2.42. The third-order valence-electron chi connectivity index (χ3n) is 7.39. The summed E-state index contributed by atoms with van der Waals surface area (Å²) < 4.78 is 33.2. The Morgan fingerprint density at radius 3 is 2.65 bits per heavy atom. The average Bonchev–Trinajstić information content (AvgIpc) is 2.88. The summed E-state index contributed by atoms with van der Waals surface area (Å²) in [6.07, 6.45) is 0.339. The summed E-state index contributed by atoms with van der Waals surface area (Å²) in [6.45, 7) is 11.9. The van der Waals surface area contributed by atoms with Crippen LogP contribution < -0.4 is 10.1 Å². The van der Waals surface area contributed by atoms with Gasteiger partial charge in [0, 0.05) is 35.4 Å². The van der Waals surface area contributed by atoms with E-state index in [1.165, 1.54) is 19.4 Å². The zero-order valence-corrected chi connectivity index (χ0v) is 23.4. The standard InChI is InChI=1S/C28H36FN3O4Si/c1-28(2,3)37(5,6)36-24-17-35-14-13-22(24)32-27(33)23-15-20(19-9-7-8-10-21(19)31-23)26(29)18-11-12-25(34-4)30-16-18/h7-12,15-16,22,24,26H,13-14,17H2,1-6H3,(H,32,33). The van der Waals surface area contributed by atoms with Crippen molar-refractivity contribution in [3.63, 3.8) is 0 Å². The van der Waals surface area contributed by atoms with Gasteiger partial charge in [0.15, 0.2) is 14.5 Å². The largest absolute Gasteiger partial charge is 0.481 e. The van der Waals surface area contributed by atoms with E-state index < -0.39 is 14.5 Å². The number of aromatic nitrogens is 2. The van der Waals surface area contributed by atoms with Crippen molar-refractivity contribution in [2.45, 2.75) is 63.6 Å². The van der Waals surface area contributed by atoms with Gasteiger partial charge in [0.05, 0.1) is 31.4 Å². The molecule has 1 saturated heterocycles. The number of hydrogen-bond donors (Lipinski definition) is 1. The average molecular weight is 526 g/mol. The first-order valence-corrected chi connectivity index (χ1v) is 15.5. The van der Waals surface area contributed by atoms with Gasteiger partial charge in [0.25, 0.3) is 5.91 Å². The minimum Gasteiger partial charge on any atom is -0.481 e. The lowest BCUT2D eigenvalue weighted by Crippen LogP contribution is -2.55. The summed E-state index contributed by atoms with van der Waals surface area (Å²) in [5.41, 5.74) is 1.45. The molecule has 37 heavy (non-hydrogen) atoms. The lowest BCUT2D eigenvalue weighted by atomic mass is 9.99. The first kappa shape index (κ1) is 27.2. The van der Waals surface area contributed by atoms with Gasteiger partial charge >= 0.3 is 0 Å². The number of benzene rings is 1. The number of fused-ring (bicyclic) bond motifs is 1. The number of halogens is 1. The molecule has 1 aromatic carbocycles. The number of pyridine rings is 2. The Morgan fingerprint density at radius 1 is 1.22 bits per heavy atom. The molecule has 0 spiro atoms. The van der Waals surface area contributed by atoms with E-state index in [2.05, 4.69) is 49.1 Å². The number of alkyl halides is 1. The number of para-hydroxylation sites is 1. The fraction of sp³-hybridized carbons (Fsp3) is 0.464. The number of carbonyl (C=O) groups is 1. The number of nitrogens with one attached hydrogen (secondary N) is 1. The van der Waals surface area contributed by atoms with E-state index in [0.717, 1.165) is 0 Å². The highest BCUT2D eigenvalue weighted by Gasteiger charge is 2.42. The minimum atomic E-state index is -2.08. The number of carbonyl (C=O) groups excluding carboxylic acids is 1. The van der Waals surface area contributed by atoms with Crippen LogP contribution in [0.1, 0.15) is 55.0 Å². The van der Waals surface area contributed by atoms with Gasteiger partial charge in [-0.1, -0.05) is 39.0 Å². The van der Waals surface area contributed by atoms with Crippen LogP contribution in [-0.2, 0) is 9.16 Å². The SMILES string of the molecule is COc1ccc(C(F)c2cc(C(=O)NC3CCOCC3O[Si](C)(C)C(C)(C)C)nc3ccccc23)cn1. The molecule has 7 nitrogen and oxygen atoms in total. The monoisotopic (exact) mass is 525 g/mol. The van der Waals surface area contributed by atoms with E-state index in [1.54, 1.807) is 18.2 Å². The van der Waals surface area contributed by atoms with Gasteiger partial charge in [-0.3, -0.25) is 4.79 Å². The molecule has 3 aromatic rings. The fourth-order valence-electron chi connectivity index (χ4n) is 4.16. The van der Waals surface area contributed by atoms with Gasteiger partial charge < -0.3 is 19.2 Å². The van der Waals surface area contributed by atoms with Crippen molar-refractivity contribution in [1.82, 2.24) is 15.3 Å². The van der Waals surface area contributed by atoms with Gasteiger partial charge in [0.1, 0.15) is 5.69 Å². The molecule has 3 atom stereocenters. The van der Waals surface area contributed by atoms with Crippen LogP contribution in [0.5, 0.6) is 5.88 Å². The van der Waals surface area contributed by atoms with Gasteiger partial charge in [-0.05, 0) is 42.8 Å². The van der Waals surface area contributed by atoms with E-state index in [1.807, 2.05) is 18.2 Å². The molecule has 0 radical (unpaired) electrons. The summed E-state index contributed by atoms with van der Waals surface area (Å²) in [7, 11) is -0.570. The maximum Gasteiger partial charge on any atom is 0.270 e. The molecule has 3 heterocycles. The molecule has 9 heteroatoms. The third-order valence-corrected chi connectivity index (χ3v) is 11.9. The summed E-state index contributed by atoms with van der Waals surface area (Å²) in [5.74, 6) is 0.0457. The smallest absolute Gasteiger partial charge is 0.270 e. The van der Waals surface area contributed by atoms with Crippen molar-refractivity contribution in [2.75, 3.05) is 20.3 Å². The number of amides is 1. The Labute approximate surface area is 218 Å². The van der Waals surface area contributed by atoms with E-state index in [-0.39, 0.29) is 28.8 Å². The zero-order valence-electron chi connectivity index (χ0n) is 22.4. The molecule has 0 aliphatic carbocycles. The van der Waals surface area contributed by atoms with E-state index in [0.29, 0.717) is 47.5 Å². The molecule has 1 amide bonds. The highest BCUT2D eigenvalue weighted by Crippen LogP contribution is 2.38. The summed E-state index contributed by atoms with van der Waals surface area (Å²) in [4.78, 5) is 22.1. The molecular weight excluding hydrogens is 489 g/mol. The Kier molecular flexibility index (Phi) is 7.96. The van der Waals surface area contributed by atoms with E-state index in [9.17, 15) is 4.79 Å². The van der Waals surface area contributed by atoms with Crippen LogP contribution in [0, 0.1) is 0 Å². The van der Waals surface area contributed by atoms with Crippen molar-refractivity contribution < 1.29 is 23.1 Å². The highest BCUT2D eigenvalue weighted by atomic mass is 28.4. The first-order chi connectivity index (χ1) is 17.5. The summed E-state index contributed by atoms with van der Waals surface area (Å²) in [6, 6.07) is 11.8. The Morgan fingerprint density at radius 2 is 1.97 bits per heavy atom. The van der Waals surface area contributed by atoms with Crippen LogP contribution in [0.3, 0.4) is 0 Å². The molecular formula is C28H36FN3O4Si. The molecule has 1 N–H and O–H groups in total. The molecule has 0 saturated carbocycles.